The third kappa shape index (κ3) is 5.33. The van der Waals surface area contributed by atoms with Gasteiger partial charge in [-0.25, -0.2) is 0 Å². The van der Waals surface area contributed by atoms with E-state index in [1.165, 1.54) is 12.8 Å². The predicted molar refractivity (Wildman–Crippen MR) is 121 cm³/mol. The first-order valence-corrected chi connectivity index (χ1v) is 12.4. The fourth-order valence-corrected chi connectivity index (χ4v) is 8.49. The van der Waals surface area contributed by atoms with Crippen molar-refractivity contribution in [2.45, 2.75) is 72.3 Å². The van der Waals surface area contributed by atoms with Gasteiger partial charge in [-0.3, -0.25) is 0 Å². The molecule has 0 radical (unpaired) electrons. The Balaban J connectivity index is 2.27. The van der Waals surface area contributed by atoms with Crippen LogP contribution in [0.3, 0.4) is 0 Å². The molecule has 0 bridgehead atoms. The SMILES string of the molecule is CC(C)CC(C)(C)CCCC(C)(C)[Si](O)(c1ccccc1)c1ccccc1. The van der Waals surface area contributed by atoms with Gasteiger partial charge >= 0.3 is 0 Å². The Morgan fingerprint density at radius 2 is 1.22 bits per heavy atom. The Labute approximate surface area is 168 Å². The van der Waals surface area contributed by atoms with Crippen molar-refractivity contribution in [3.63, 3.8) is 0 Å². The Kier molecular flexibility index (Phi) is 7.10. The average molecular weight is 383 g/mol. The molecule has 148 valence electrons. The van der Waals surface area contributed by atoms with Crippen LogP contribution in [0.5, 0.6) is 0 Å². The van der Waals surface area contributed by atoms with E-state index >= 15 is 0 Å². The van der Waals surface area contributed by atoms with Crippen molar-refractivity contribution in [1.82, 2.24) is 0 Å². The van der Waals surface area contributed by atoms with Crippen molar-refractivity contribution in [1.29, 1.82) is 0 Å². The van der Waals surface area contributed by atoms with Crippen molar-refractivity contribution in [2.75, 3.05) is 0 Å². The van der Waals surface area contributed by atoms with E-state index in [0.717, 1.165) is 29.1 Å². The van der Waals surface area contributed by atoms with Crippen LogP contribution in [-0.2, 0) is 0 Å². The smallest absolute Gasteiger partial charge is 0.258 e. The maximum absolute atomic E-state index is 12.2. The quantitative estimate of drug-likeness (QED) is 0.547. The fourth-order valence-electron chi connectivity index (χ4n) is 4.70. The van der Waals surface area contributed by atoms with Gasteiger partial charge in [-0.05, 0) is 46.0 Å². The van der Waals surface area contributed by atoms with Crippen molar-refractivity contribution in [2.24, 2.45) is 11.3 Å². The monoisotopic (exact) mass is 382 g/mol. The van der Waals surface area contributed by atoms with E-state index in [9.17, 15) is 4.80 Å². The topological polar surface area (TPSA) is 20.2 Å². The zero-order valence-electron chi connectivity index (χ0n) is 18.1. The highest BCUT2D eigenvalue weighted by Crippen LogP contribution is 2.42. The van der Waals surface area contributed by atoms with E-state index in [1.54, 1.807) is 0 Å². The number of benzene rings is 2. The van der Waals surface area contributed by atoms with Gasteiger partial charge in [0.15, 0.2) is 0 Å². The van der Waals surface area contributed by atoms with Crippen LogP contribution < -0.4 is 10.4 Å². The number of hydrogen-bond donors (Lipinski definition) is 1. The minimum atomic E-state index is -2.86. The van der Waals surface area contributed by atoms with Gasteiger partial charge in [-0.2, -0.15) is 0 Å². The fraction of sp³-hybridized carbons (Fsp3) is 0.520. The van der Waals surface area contributed by atoms with Crippen LogP contribution >= 0.6 is 0 Å². The molecule has 0 heterocycles. The van der Waals surface area contributed by atoms with E-state index in [0.29, 0.717) is 5.41 Å². The van der Waals surface area contributed by atoms with E-state index in [-0.39, 0.29) is 5.04 Å². The Morgan fingerprint density at radius 3 is 1.63 bits per heavy atom. The van der Waals surface area contributed by atoms with Gasteiger partial charge in [-0.15, -0.1) is 0 Å². The summed E-state index contributed by atoms with van der Waals surface area (Å²) in [4.78, 5) is 12.2. The van der Waals surface area contributed by atoms with Crippen LogP contribution in [0, 0.1) is 11.3 Å². The predicted octanol–water partition coefficient (Wildman–Crippen LogP) is 5.76. The summed E-state index contributed by atoms with van der Waals surface area (Å²) in [6, 6.07) is 20.7. The minimum Gasteiger partial charge on any atom is -0.424 e. The van der Waals surface area contributed by atoms with E-state index in [2.05, 4.69) is 90.1 Å². The summed E-state index contributed by atoms with van der Waals surface area (Å²) in [6.45, 7) is 13.9. The van der Waals surface area contributed by atoms with Gasteiger partial charge in [0.2, 0.25) is 0 Å². The first-order valence-electron chi connectivity index (χ1n) is 10.4. The summed E-state index contributed by atoms with van der Waals surface area (Å²) in [7, 11) is -2.86. The first kappa shape index (κ1) is 21.9. The van der Waals surface area contributed by atoms with Crippen LogP contribution in [0.2, 0.25) is 5.04 Å². The first-order chi connectivity index (χ1) is 12.6. The lowest BCUT2D eigenvalue weighted by Gasteiger charge is -2.42. The summed E-state index contributed by atoms with van der Waals surface area (Å²) in [5, 5.41) is 2.09. The molecule has 0 aliphatic rings. The van der Waals surface area contributed by atoms with Crippen LogP contribution in [0.15, 0.2) is 60.7 Å². The minimum absolute atomic E-state index is 0.135. The van der Waals surface area contributed by atoms with Gasteiger partial charge < -0.3 is 4.80 Å². The van der Waals surface area contributed by atoms with Crippen LogP contribution in [0.25, 0.3) is 0 Å². The van der Waals surface area contributed by atoms with Gasteiger partial charge in [0.05, 0.1) is 0 Å². The molecule has 0 aromatic heterocycles. The van der Waals surface area contributed by atoms with Crippen LogP contribution in [0.1, 0.15) is 67.2 Å². The molecular formula is C25H38OSi. The second-order valence-electron chi connectivity index (χ2n) is 9.94. The van der Waals surface area contributed by atoms with Crippen LogP contribution in [-0.4, -0.2) is 13.1 Å². The molecule has 2 aromatic rings. The van der Waals surface area contributed by atoms with Crippen molar-refractivity contribution in [3.05, 3.63) is 60.7 Å². The van der Waals surface area contributed by atoms with Crippen molar-refractivity contribution >= 4 is 18.7 Å². The largest absolute Gasteiger partial charge is 0.424 e. The van der Waals surface area contributed by atoms with Gasteiger partial charge in [-0.1, -0.05) is 109 Å². The van der Waals surface area contributed by atoms with Crippen LogP contribution in [0.4, 0.5) is 0 Å². The molecule has 1 N–H and O–H groups in total. The molecule has 0 unspecified atom stereocenters. The third-order valence-corrected chi connectivity index (χ3v) is 10.5. The summed E-state index contributed by atoms with van der Waals surface area (Å²) in [5.74, 6) is 0.730. The molecular weight excluding hydrogens is 344 g/mol. The Morgan fingerprint density at radius 1 is 0.778 bits per heavy atom. The highest BCUT2D eigenvalue weighted by molar-refractivity contribution is 6.98. The maximum Gasteiger partial charge on any atom is 0.258 e. The van der Waals surface area contributed by atoms with Gasteiger partial charge in [0, 0.05) is 0 Å². The molecule has 0 aliphatic heterocycles. The average Bonchev–Trinajstić information content (AvgIpc) is 2.61. The third-order valence-electron chi connectivity index (χ3n) is 5.98. The molecule has 0 aliphatic carbocycles. The lowest BCUT2D eigenvalue weighted by atomic mass is 9.79. The normalized spacial score (nSPS) is 13.2. The highest BCUT2D eigenvalue weighted by atomic mass is 28.4. The molecule has 0 saturated carbocycles. The highest BCUT2D eigenvalue weighted by Gasteiger charge is 2.49. The zero-order chi connectivity index (χ0) is 20.1. The number of hydrogen-bond acceptors (Lipinski definition) is 1. The second-order valence-corrected chi connectivity index (χ2v) is 13.9. The van der Waals surface area contributed by atoms with E-state index in [4.69, 9.17) is 0 Å². The van der Waals surface area contributed by atoms with Gasteiger partial charge in [0.1, 0.15) is 0 Å². The lowest BCUT2D eigenvalue weighted by molar-refractivity contribution is 0.251. The molecule has 27 heavy (non-hydrogen) atoms. The molecule has 0 atom stereocenters. The standard InChI is InChI=1S/C25H38OSi/c1-21(2)20-24(3,4)18-13-19-25(5,6)27(26,22-14-9-7-10-15-22)23-16-11-8-12-17-23/h7-12,14-17,21,26H,13,18-20H2,1-6H3. The summed E-state index contributed by atoms with van der Waals surface area (Å²) in [6.07, 6.45) is 4.66. The van der Waals surface area contributed by atoms with Crippen molar-refractivity contribution < 1.29 is 4.80 Å². The molecule has 0 saturated heterocycles. The molecule has 0 spiro atoms. The van der Waals surface area contributed by atoms with Gasteiger partial charge in [0.25, 0.3) is 8.32 Å². The van der Waals surface area contributed by atoms with E-state index < -0.39 is 8.32 Å². The summed E-state index contributed by atoms with van der Waals surface area (Å²) in [5.41, 5.74) is 0.364. The Hall–Kier alpha value is -1.38. The molecule has 0 amide bonds. The molecule has 2 rings (SSSR count). The number of rotatable bonds is 9. The van der Waals surface area contributed by atoms with E-state index in [1.807, 2.05) is 12.1 Å². The lowest BCUT2D eigenvalue weighted by Crippen LogP contribution is -2.65. The van der Waals surface area contributed by atoms with Crippen molar-refractivity contribution in [3.8, 4) is 0 Å². The second kappa shape index (κ2) is 8.75. The molecule has 2 heteroatoms. The summed E-state index contributed by atoms with van der Waals surface area (Å²) >= 11 is 0. The Bertz CT molecular complexity index is 649. The molecule has 0 fully saturated rings. The maximum atomic E-state index is 12.2. The zero-order valence-corrected chi connectivity index (χ0v) is 19.1. The molecule has 1 nitrogen and oxygen atoms in total. The summed E-state index contributed by atoms with van der Waals surface area (Å²) < 4.78 is 0. The molecule has 2 aromatic carbocycles.